The van der Waals surface area contributed by atoms with Crippen LogP contribution in [-0.2, 0) is 19.6 Å². The number of amides is 1. The maximum atomic E-state index is 12.7. The zero-order chi connectivity index (χ0) is 22.3. The summed E-state index contributed by atoms with van der Waals surface area (Å²) in [7, 11) is -3.76. The molecular formula is C21H25ClN2O5S. The van der Waals surface area contributed by atoms with E-state index in [-0.39, 0.29) is 21.5 Å². The first-order chi connectivity index (χ1) is 14.2. The van der Waals surface area contributed by atoms with E-state index in [0.717, 1.165) is 5.56 Å². The monoisotopic (exact) mass is 452 g/mol. The topological polar surface area (TPSA) is 92.8 Å². The van der Waals surface area contributed by atoms with Crippen LogP contribution in [0.5, 0.6) is 0 Å². The molecule has 0 saturated heterocycles. The number of rotatable bonds is 9. The predicted molar refractivity (Wildman–Crippen MR) is 115 cm³/mol. The first-order valence-corrected chi connectivity index (χ1v) is 11.3. The van der Waals surface area contributed by atoms with Crippen LogP contribution in [0.4, 0.5) is 0 Å². The Labute approximate surface area is 182 Å². The minimum absolute atomic E-state index is 0.0385. The van der Waals surface area contributed by atoms with E-state index in [1.54, 1.807) is 13.8 Å². The van der Waals surface area contributed by atoms with Crippen LogP contribution in [0.25, 0.3) is 0 Å². The van der Waals surface area contributed by atoms with E-state index < -0.39 is 28.5 Å². The van der Waals surface area contributed by atoms with Gasteiger partial charge in [0.2, 0.25) is 10.0 Å². The van der Waals surface area contributed by atoms with Crippen molar-refractivity contribution in [3.05, 3.63) is 64.7 Å². The molecule has 0 radical (unpaired) electrons. The molecule has 1 atom stereocenters. The zero-order valence-corrected chi connectivity index (χ0v) is 18.7. The number of carbonyl (C=O) groups excluding carboxylic acids is 2. The Morgan fingerprint density at radius 1 is 1.10 bits per heavy atom. The number of carbonyl (C=O) groups is 2. The lowest BCUT2D eigenvalue weighted by Crippen LogP contribution is -2.31. The zero-order valence-electron chi connectivity index (χ0n) is 17.1. The van der Waals surface area contributed by atoms with Gasteiger partial charge in [0.25, 0.3) is 5.91 Å². The first kappa shape index (κ1) is 23.9. The summed E-state index contributed by atoms with van der Waals surface area (Å²) in [5.41, 5.74) is 0.795. The van der Waals surface area contributed by atoms with Crippen molar-refractivity contribution < 1.29 is 22.7 Å². The molecule has 162 valence electrons. The van der Waals surface area contributed by atoms with Gasteiger partial charge in [0.15, 0.2) is 6.61 Å². The summed E-state index contributed by atoms with van der Waals surface area (Å²) in [6.07, 6.45) is 0. The van der Waals surface area contributed by atoms with Gasteiger partial charge >= 0.3 is 5.97 Å². The smallest absolute Gasteiger partial charge is 0.340 e. The number of ether oxygens (including phenoxy) is 1. The fraction of sp³-hybridized carbons (Fsp3) is 0.333. The molecule has 0 spiro atoms. The maximum absolute atomic E-state index is 12.7. The summed E-state index contributed by atoms with van der Waals surface area (Å²) in [6.45, 7) is 5.33. The van der Waals surface area contributed by atoms with Crippen LogP contribution in [0.3, 0.4) is 0 Å². The molecule has 2 rings (SSSR count). The Kier molecular flexibility index (Phi) is 8.40. The van der Waals surface area contributed by atoms with Crippen molar-refractivity contribution >= 4 is 33.5 Å². The fourth-order valence-corrected chi connectivity index (χ4v) is 4.53. The fourth-order valence-electron chi connectivity index (χ4n) is 2.85. The van der Waals surface area contributed by atoms with E-state index in [9.17, 15) is 18.0 Å². The van der Waals surface area contributed by atoms with Gasteiger partial charge in [0, 0.05) is 13.1 Å². The number of sulfonamides is 1. The third kappa shape index (κ3) is 5.81. The minimum Gasteiger partial charge on any atom is -0.452 e. The molecule has 7 nitrogen and oxygen atoms in total. The van der Waals surface area contributed by atoms with E-state index in [2.05, 4.69) is 5.32 Å². The maximum Gasteiger partial charge on any atom is 0.340 e. The van der Waals surface area contributed by atoms with Gasteiger partial charge in [-0.2, -0.15) is 4.31 Å². The molecule has 0 aliphatic heterocycles. The molecule has 0 unspecified atom stereocenters. The third-order valence-electron chi connectivity index (χ3n) is 4.51. The summed E-state index contributed by atoms with van der Waals surface area (Å²) in [4.78, 5) is 24.5. The van der Waals surface area contributed by atoms with Crippen molar-refractivity contribution in [1.82, 2.24) is 9.62 Å². The molecule has 9 heteroatoms. The number of nitrogens with one attached hydrogen (secondary N) is 1. The lowest BCUT2D eigenvalue weighted by Gasteiger charge is -2.19. The standard InChI is InChI=1S/C21H25ClN2O5S/c1-4-24(5-2)30(27,28)17-11-12-19(22)18(13-17)21(26)29-14-20(25)23-15(3)16-9-7-6-8-10-16/h6-13,15H,4-5,14H2,1-3H3,(H,23,25)/t15-/m0/s1. The van der Waals surface area contributed by atoms with Crippen molar-refractivity contribution in [3.8, 4) is 0 Å². The number of halogens is 1. The second kappa shape index (κ2) is 10.6. The normalized spacial score (nSPS) is 12.4. The van der Waals surface area contributed by atoms with Crippen LogP contribution in [0.2, 0.25) is 5.02 Å². The second-order valence-electron chi connectivity index (χ2n) is 6.51. The Bertz CT molecular complexity index is 992. The molecule has 0 fully saturated rings. The first-order valence-electron chi connectivity index (χ1n) is 9.51. The van der Waals surface area contributed by atoms with Gasteiger partial charge in [-0.25, -0.2) is 13.2 Å². The molecule has 0 aliphatic rings. The van der Waals surface area contributed by atoms with Gasteiger partial charge in [-0.1, -0.05) is 55.8 Å². The average Bonchev–Trinajstić information content (AvgIpc) is 2.73. The van der Waals surface area contributed by atoms with Gasteiger partial charge in [0.1, 0.15) is 0 Å². The Morgan fingerprint density at radius 2 is 1.73 bits per heavy atom. The van der Waals surface area contributed by atoms with E-state index in [0.29, 0.717) is 13.1 Å². The molecule has 2 aromatic carbocycles. The highest BCUT2D eigenvalue weighted by Crippen LogP contribution is 2.23. The van der Waals surface area contributed by atoms with Crippen molar-refractivity contribution in [3.63, 3.8) is 0 Å². The molecule has 0 heterocycles. The van der Waals surface area contributed by atoms with Crippen LogP contribution >= 0.6 is 11.6 Å². The largest absolute Gasteiger partial charge is 0.452 e. The number of nitrogens with zero attached hydrogens (tertiary/aromatic N) is 1. The lowest BCUT2D eigenvalue weighted by atomic mass is 10.1. The molecule has 0 saturated carbocycles. The Hall–Kier alpha value is -2.42. The molecular weight excluding hydrogens is 428 g/mol. The van der Waals surface area contributed by atoms with Crippen molar-refractivity contribution in [2.75, 3.05) is 19.7 Å². The molecule has 0 aromatic heterocycles. The summed E-state index contributed by atoms with van der Waals surface area (Å²) < 4.78 is 31.7. The number of benzene rings is 2. The van der Waals surface area contributed by atoms with Gasteiger partial charge in [0.05, 0.1) is 21.5 Å². The van der Waals surface area contributed by atoms with Gasteiger partial charge < -0.3 is 10.1 Å². The van der Waals surface area contributed by atoms with E-state index in [4.69, 9.17) is 16.3 Å². The molecule has 30 heavy (non-hydrogen) atoms. The van der Waals surface area contributed by atoms with Crippen molar-refractivity contribution in [2.45, 2.75) is 31.7 Å². The van der Waals surface area contributed by atoms with Crippen LogP contribution in [0.15, 0.2) is 53.4 Å². The van der Waals surface area contributed by atoms with E-state index >= 15 is 0 Å². The van der Waals surface area contributed by atoms with Crippen LogP contribution in [0.1, 0.15) is 42.7 Å². The molecule has 2 aromatic rings. The number of hydrogen-bond acceptors (Lipinski definition) is 5. The van der Waals surface area contributed by atoms with E-state index in [1.165, 1.54) is 22.5 Å². The SMILES string of the molecule is CCN(CC)S(=O)(=O)c1ccc(Cl)c(C(=O)OCC(=O)N[C@@H](C)c2ccccc2)c1. The highest BCUT2D eigenvalue weighted by molar-refractivity contribution is 7.89. The van der Waals surface area contributed by atoms with Gasteiger partial charge in [-0.05, 0) is 30.7 Å². The lowest BCUT2D eigenvalue weighted by molar-refractivity contribution is -0.124. The Balaban J connectivity index is 2.07. The van der Waals surface area contributed by atoms with Crippen LogP contribution < -0.4 is 5.32 Å². The number of hydrogen-bond donors (Lipinski definition) is 1. The van der Waals surface area contributed by atoms with Gasteiger partial charge in [-0.3, -0.25) is 4.79 Å². The average molecular weight is 453 g/mol. The second-order valence-corrected chi connectivity index (χ2v) is 8.85. The molecule has 0 bridgehead atoms. The summed E-state index contributed by atoms with van der Waals surface area (Å²) in [6, 6.07) is 12.9. The summed E-state index contributed by atoms with van der Waals surface area (Å²) >= 11 is 6.06. The summed E-state index contributed by atoms with van der Waals surface area (Å²) in [5, 5.41) is 2.77. The molecule has 1 N–H and O–H groups in total. The third-order valence-corrected chi connectivity index (χ3v) is 6.89. The van der Waals surface area contributed by atoms with Crippen LogP contribution in [0, 0.1) is 0 Å². The van der Waals surface area contributed by atoms with Crippen molar-refractivity contribution in [1.29, 1.82) is 0 Å². The summed E-state index contributed by atoms with van der Waals surface area (Å²) in [5.74, 6) is -1.36. The Morgan fingerprint density at radius 3 is 2.33 bits per heavy atom. The quantitative estimate of drug-likeness (QED) is 0.588. The minimum atomic E-state index is -3.76. The van der Waals surface area contributed by atoms with E-state index in [1.807, 2.05) is 37.3 Å². The highest BCUT2D eigenvalue weighted by atomic mass is 35.5. The van der Waals surface area contributed by atoms with Gasteiger partial charge in [-0.15, -0.1) is 0 Å². The molecule has 0 aliphatic carbocycles. The number of esters is 1. The van der Waals surface area contributed by atoms with Crippen molar-refractivity contribution in [2.24, 2.45) is 0 Å². The van der Waals surface area contributed by atoms with Crippen LogP contribution in [-0.4, -0.2) is 44.3 Å². The predicted octanol–water partition coefficient (Wildman–Crippen LogP) is 3.40. The molecule has 1 amide bonds. The highest BCUT2D eigenvalue weighted by Gasteiger charge is 2.24.